The number of hydrogen-bond donors (Lipinski definition) is 1. The Morgan fingerprint density at radius 2 is 2.12 bits per heavy atom. The Bertz CT molecular complexity index is 544. The van der Waals surface area contributed by atoms with Crippen LogP contribution in [0, 0.1) is 11.3 Å². The van der Waals surface area contributed by atoms with Gasteiger partial charge in [0.2, 0.25) is 0 Å². The van der Waals surface area contributed by atoms with Gasteiger partial charge in [0.1, 0.15) is 0 Å². The summed E-state index contributed by atoms with van der Waals surface area (Å²) in [6.07, 6.45) is 1.61. The molecular weight excluding hydrogens is 200 g/mol. The van der Waals surface area contributed by atoms with Crippen LogP contribution in [0.15, 0.2) is 42.6 Å². The molecule has 0 aliphatic heterocycles. The molecule has 0 unspecified atom stereocenters. The Labute approximate surface area is 93.6 Å². The molecule has 0 saturated heterocycles. The van der Waals surface area contributed by atoms with E-state index in [0.29, 0.717) is 5.56 Å². The molecule has 1 N–H and O–H groups in total. The van der Waals surface area contributed by atoms with Crippen molar-refractivity contribution >= 4 is 0 Å². The zero-order valence-electron chi connectivity index (χ0n) is 8.59. The van der Waals surface area contributed by atoms with Crippen molar-refractivity contribution in [2.24, 2.45) is 0 Å². The van der Waals surface area contributed by atoms with E-state index in [1.54, 1.807) is 18.3 Å². The van der Waals surface area contributed by atoms with E-state index in [9.17, 15) is 0 Å². The van der Waals surface area contributed by atoms with Gasteiger partial charge in [-0.05, 0) is 23.8 Å². The normalized spacial score (nSPS) is 9.75. The SMILES string of the molecule is N#Cc1ccnc(-c2cccc(CO)c2)c1. The summed E-state index contributed by atoms with van der Waals surface area (Å²) in [5.41, 5.74) is 3.07. The number of aliphatic hydroxyl groups excluding tert-OH is 1. The summed E-state index contributed by atoms with van der Waals surface area (Å²) in [5, 5.41) is 17.8. The van der Waals surface area contributed by atoms with E-state index < -0.39 is 0 Å². The smallest absolute Gasteiger partial charge is 0.0992 e. The van der Waals surface area contributed by atoms with Crippen molar-refractivity contribution in [1.29, 1.82) is 5.26 Å². The van der Waals surface area contributed by atoms with Crippen LogP contribution in [0.1, 0.15) is 11.1 Å². The molecule has 16 heavy (non-hydrogen) atoms. The van der Waals surface area contributed by atoms with Crippen LogP contribution in [0.3, 0.4) is 0 Å². The monoisotopic (exact) mass is 210 g/mol. The summed E-state index contributed by atoms with van der Waals surface area (Å²) < 4.78 is 0. The first-order chi connectivity index (χ1) is 7.83. The summed E-state index contributed by atoms with van der Waals surface area (Å²) in [6, 6.07) is 13.0. The minimum Gasteiger partial charge on any atom is -0.392 e. The quantitative estimate of drug-likeness (QED) is 0.825. The van der Waals surface area contributed by atoms with Crippen LogP contribution in [-0.4, -0.2) is 10.1 Å². The van der Waals surface area contributed by atoms with Crippen LogP contribution in [0.5, 0.6) is 0 Å². The Morgan fingerprint density at radius 1 is 1.25 bits per heavy atom. The number of nitrogens with zero attached hydrogens (tertiary/aromatic N) is 2. The van der Waals surface area contributed by atoms with Gasteiger partial charge in [-0.3, -0.25) is 4.98 Å². The van der Waals surface area contributed by atoms with Crippen LogP contribution in [0.2, 0.25) is 0 Å². The number of aliphatic hydroxyl groups is 1. The lowest BCUT2D eigenvalue weighted by Crippen LogP contribution is -1.87. The molecule has 3 nitrogen and oxygen atoms in total. The number of hydrogen-bond acceptors (Lipinski definition) is 3. The second kappa shape index (κ2) is 4.56. The molecule has 0 amide bonds. The molecule has 1 heterocycles. The molecule has 0 bridgehead atoms. The third kappa shape index (κ3) is 2.08. The van der Waals surface area contributed by atoms with Crippen molar-refractivity contribution in [3.05, 3.63) is 53.7 Å². The van der Waals surface area contributed by atoms with E-state index in [1.807, 2.05) is 24.3 Å². The summed E-state index contributed by atoms with van der Waals surface area (Å²) in [7, 11) is 0. The van der Waals surface area contributed by atoms with Crippen LogP contribution in [0.25, 0.3) is 11.3 Å². The van der Waals surface area contributed by atoms with E-state index in [4.69, 9.17) is 10.4 Å². The Balaban J connectivity index is 2.46. The zero-order chi connectivity index (χ0) is 11.4. The maximum Gasteiger partial charge on any atom is 0.0992 e. The van der Waals surface area contributed by atoms with E-state index in [0.717, 1.165) is 16.8 Å². The lowest BCUT2D eigenvalue weighted by atomic mass is 10.1. The van der Waals surface area contributed by atoms with Crippen molar-refractivity contribution in [3.8, 4) is 17.3 Å². The number of rotatable bonds is 2. The van der Waals surface area contributed by atoms with Gasteiger partial charge in [0, 0.05) is 11.8 Å². The van der Waals surface area contributed by atoms with Crippen molar-refractivity contribution < 1.29 is 5.11 Å². The molecule has 1 aromatic heterocycles. The minimum absolute atomic E-state index is 0.00573. The summed E-state index contributed by atoms with van der Waals surface area (Å²) in [6.45, 7) is 0.00573. The van der Waals surface area contributed by atoms with Gasteiger partial charge in [-0.1, -0.05) is 18.2 Å². The van der Waals surface area contributed by atoms with Gasteiger partial charge in [0.25, 0.3) is 0 Å². The van der Waals surface area contributed by atoms with Gasteiger partial charge in [0.05, 0.1) is 23.9 Å². The number of nitriles is 1. The van der Waals surface area contributed by atoms with Gasteiger partial charge in [0.15, 0.2) is 0 Å². The van der Waals surface area contributed by atoms with Crippen molar-refractivity contribution in [1.82, 2.24) is 4.98 Å². The molecule has 0 aliphatic rings. The molecule has 0 spiro atoms. The fourth-order valence-corrected chi connectivity index (χ4v) is 1.49. The first-order valence-corrected chi connectivity index (χ1v) is 4.90. The first kappa shape index (κ1) is 10.3. The Hall–Kier alpha value is -2.18. The molecule has 78 valence electrons. The van der Waals surface area contributed by atoms with Crippen molar-refractivity contribution in [2.75, 3.05) is 0 Å². The zero-order valence-corrected chi connectivity index (χ0v) is 8.59. The fourth-order valence-electron chi connectivity index (χ4n) is 1.49. The van der Waals surface area contributed by atoms with Gasteiger partial charge >= 0.3 is 0 Å². The maximum atomic E-state index is 9.04. The third-order valence-corrected chi connectivity index (χ3v) is 2.29. The van der Waals surface area contributed by atoms with Crippen LogP contribution in [-0.2, 0) is 6.61 Å². The molecule has 2 rings (SSSR count). The lowest BCUT2D eigenvalue weighted by molar-refractivity contribution is 0.282. The molecule has 1 aromatic carbocycles. The van der Waals surface area contributed by atoms with E-state index >= 15 is 0 Å². The highest BCUT2D eigenvalue weighted by Gasteiger charge is 2.01. The van der Waals surface area contributed by atoms with Crippen molar-refractivity contribution in [2.45, 2.75) is 6.61 Å². The lowest BCUT2D eigenvalue weighted by Gasteiger charge is -2.02. The number of benzene rings is 1. The van der Waals surface area contributed by atoms with Gasteiger partial charge in [-0.2, -0.15) is 5.26 Å². The van der Waals surface area contributed by atoms with Gasteiger partial charge in [-0.25, -0.2) is 0 Å². The molecule has 0 saturated carbocycles. The fraction of sp³-hybridized carbons (Fsp3) is 0.0769. The van der Waals surface area contributed by atoms with E-state index in [1.165, 1.54) is 0 Å². The topological polar surface area (TPSA) is 56.9 Å². The largest absolute Gasteiger partial charge is 0.392 e. The number of aromatic nitrogens is 1. The molecule has 2 aromatic rings. The second-order valence-corrected chi connectivity index (χ2v) is 3.40. The van der Waals surface area contributed by atoms with Crippen molar-refractivity contribution in [3.63, 3.8) is 0 Å². The predicted molar refractivity (Wildman–Crippen MR) is 60.3 cm³/mol. The Kier molecular flexibility index (Phi) is 2.95. The molecule has 3 heteroatoms. The van der Waals surface area contributed by atoms with E-state index in [2.05, 4.69) is 11.1 Å². The standard InChI is InChI=1S/C13H10N2O/c14-8-10-4-5-15-13(7-10)12-3-1-2-11(6-12)9-16/h1-7,16H,9H2. The van der Waals surface area contributed by atoms with E-state index in [-0.39, 0.29) is 6.61 Å². The highest BCUT2D eigenvalue weighted by Crippen LogP contribution is 2.18. The van der Waals surface area contributed by atoms with Gasteiger partial charge < -0.3 is 5.11 Å². The minimum atomic E-state index is 0.00573. The maximum absolute atomic E-state index is 9.04. The average Bonchev–Trinajstić information content (AvgIpc) is 2.39. The van der Waals surface area contributed by atoms with Crippen LogP contribution in [0.4, 0.5) is 0 Å². The average molecular weight is 210 g/mol. The van der Waals surface area contributed by atoms with Crippen LogP contribution < -0.4 is 0 Å². The highest BCUT2D eigenvalue weighted by molar-refractivity contribution is 5.61. The molecule has 0 aliphatic carbocycles. The summed E-state index contributed by atoms with van der Waals surface area (Å²) >= 11 is 0. The Morgan fingerprint density at radius 3 is 2.88 bits per heavy atom. The van der Waals surface area contributed by atoms with Crippen LogP contribution >= 0.6 is 0 Å². The second-order valence-electron chi connectivity index (χ2n) is 3.40. The van der Waals surface area contributed by atoms with Gasteiger partial charge in [-0.15, -0.1) is 0 Å². The molecule has 0 atom stereocenters. The molecular formula is C13H10N2O. The first-order valence-electron chi connectivity index (χ1n) is 4.90. The summed E-state index contributed by atoms with van der Waals surface area (Å²) in [4.78, 5) is 4.20. The predicted octanol–water partition coefficient (Wildman–Crippen LogP) is 2.11. The molecule has 0 radical (unpaired) electrons. The molecule has 0 fully saturated rings. The number of pyridine rings is 1. The summed E-state index contributed by atoms with van der Waals surface area (Å²) in [5.74, 6) is 0. The third-order valence-electron chi connectivity index (χ3n) is 2.29. The highest BCUT2D eigenvalue weighted by atomic mass is 16.3.